The van der Waals surface area contributed by atoms with Crippen LogP contribution in [0.25, 0.3) is 11.2 Å². The Labute approximate surface area is 117 Å². The van der Waals surface area contributed by atoms with Crippen LogP contribution in [0, 0.1) is 0 Å². The molecule has 106 valence electrons. The second kappa shape index (κ2) is 5.01. The summed E-state index contributed by atoms with van der Waals surface area (Å²) in [7, 11) is 0. The second-order valence-electron chi connectivity index (χ2n) is 5.46. The molecule has 0 unspecified atom stereocenters. The van der Waals surface area contributed by atoms with E-state index in [-0.39, 0.29) is 0 Å². The van der Waals surface area contributed by atoms with Crippen molar-refractivity contribution < 1.29 is 4.74 Å². The summed E-state index contributed by atoms with van der Waals surface area (Å²) in [4.78, 5) is 15.9. The Hall–Kier alpha value is -1.69. The van der Waals surface area contributed by atoms with Gasteiger partial charge in [-0.05, 0) is 12.8 Å². The Morgan fingerprint density at radius 1 is 1.00 bits per heavy atom. The average molecular weight is 273 g/mol. The van der Waals surface area contributed by atoms with Crippen LogP contribution in [0.15, 0.2) is 6.33 Å². The SMILES string of the molecule is c1nc(N2CCOCC2)c2c(n1)nc1n2CCCCC1. The summed E-state index contributed by atoms with van der Waals surface area (Å²) < 4.78 is 7.78. The first-order chi connectivity index (χ1) is 9.93. The highest BCUT2D eigenvalue weighted by molar-refractivity contribution is 5.84. The van der Waals surface area contributed by atoms with Gasteiger partial charge in [-0.1, -0.05) is 6.42 Å². The van der Waals surface area contributed by atoms with Crippen LogP contribution in [0.4, 0.5) is 5.82 Å². The topological polar surface area (TPSA) is 56.1 Å². The van der Waals surface area contributed by atoms with Gasteiger partial charge in [-0.2, -0.15) is 0 Å². The van der Waals surface area contributed by atoms with Crippen LogP contribution in [-0.4, -0.2) is 45.8 Å². The minimum Gasteiger partial charge on any atom is -0.378 e. The summed E-state index contributed by atoms with van der Waals surface area (Å²) in [5.41, 5.74) is 1.96. The van der Waals surface area contributed by atoms with Crippen molar-refractivity contribution in [2.75, 3.05) is 31.2 Å². The molecule has 1 saturated heterocycles. The third kappa shape index (κ3) is 1.95. The van der Waals surface area contributed by atoms with Crippen LogP contribution in [0.1, 0.15) is 25.1 Å². The van der Waals surface area contributed by atoms with Crippen LogP contribution in [0.2, 0.25) is 0 Å². The van der Waals surface area contributed by atoms with Crippen molar-refractivity contribution in [1.82, 2.24) is 19.5 Å². The molecule has 0 spiro atoms. The molecule has 2 aliphatic heterocycles. The molecule has 20 heavy (non-hydrogen) atoms. The van der Waals surface area contributed by atoms with E-state index < -0.39 is 0 Å². The number of fused-ring (bicyclic) bond motifs is 3. The molecule has 0 saturated carbocycles. The van der Waals surface area contributed by atoms with Crippen molar-refractivity contribution in [3.63, 3.8) is 0 Å². The number of ether oxygens (including phenoxy) is 1. The Morgan fingerprint density at radius 3 is 2.80 bits per heavy atom. The van der Waals surface area contributed by atoms with Gasteiger partial charge in [0.25, 0.3) is 0 Å². The summed E-state index contributed by atoms with van der Waals surface area (Å²) in [6, 6.07) is 0. The van der Waals surface area contributed by atoms with Gasteiger partial charge in [-0.25, -0.2) is 15.0 Å². The van der Waals surface area contributed by atoms with Crippen LogP contribution >= 0.6 is 0 Å². The summed E-state index contributed by atoms with van der Waals surface area (Å²) in [5, 5.41) is 0. The van der Waals surface area contributed by atoms with Crippen LogP contribution in [0.3, 0.4) is 0 Å². The van der Waals surface area contributed by atoms with Crippen LogP contribution in [-0.2, 0) is 17.7 Å². The molecule has 2 aliphatic rings. The molecule has 1 fully saturated rings. The highest BCUT2D eigenvalue weighted by atomic mass is 16.5. The minimum atomic E-state index is 0.770. The number of imidazole rings is 1. The van der Waals surface area contributed by atoms with E-state index in [1.807, 2.05) is 0 Å². The van der Waals surface area contributed by atoms with Gasteiger partial charge in [0, 0.05) is 26.1 Å². The molecule has 0 amide bonds. The quantitative estimate of drug-likeness (QED) is 0.786. The lowest BCUT2D eigenvalue weighted by Gasteiger charge is -2.28. The fourth-order valence-corrected chi connectivity index (χ4v) is 3.16. The maximum absolute atomic E-state index is 5.44. The number of morpholine rings is 1. The third-order valence-corrected chi connectivity index (χ3v) is 4.19. The summed E-state index contributed by atoms with van der Waals surface area (Å²) in [6.45, 7) is 4.37. The fourth-order valence-electron chi connectivity index (χ4n) is 3.16. The molecule has 0 radical (unpaired) electrons. The summed E-state index contributed by atoms with van der Waals surface area (Å²) in [6.07, 6.45) is 6.42. The molecule has 2 aromatic heterocycles. The van der Waals surface area contributed by atoms with E-state index in [0.29, 0.717) is 0 Å². The predicted octanol–water partition coefficient (Wildman–Crippen LogP) is 1.39. The molecule has 0 aliphatic carbocycles. The highest BCUT2D eigenvalue weighted by Gasteiger charge is 2.22. The Morgan fingerprint density at radius 2 is 1.90 bits per heavy atom. The first kappa shape index (κ1) is 12.1. The van der Waals surface area contributed by atoms with E-state index in [0.717, 1.165) is 56.3 Å². The minimum absolute atomic E-state index is 0.770. The molecule has 0 atom stereocenters. The maximum atomic E-state index is 5.44. The number of aromatic nitrogens is 4. The number of hydrogen-bond acceptors (Lipinski definition) is 5. The summed E-state index contributed by atoms with van der Waals surface area (Å²) >= 11 is 0. The Balaban J connectivity index is 1.85. The zero-order chi connectivity index (χ0) is 13.4. The zero-order valence-electron chi connectivity index (χ0n) is 11.6. The van der Waals surface area contributed by atoms with Gasteiger partial charge in [0.05, 0.1) is 13.2 Å². The standard InChI is InChI=1S/C14H19N5O/c1-2-4-11-17-13-12(19(11)5-3-1)14(16-10-15-13)18-6-8-20-9-7-18/h10H,1-9H2. The van der Waals surface area contributed by atoms with Gasteiger partial charge in [0.15, 0.2) is 11.5 Å². The molecule has 6 nitrogen and oxygen atoms in total. The fraction of sp³-hybridized carbons (Fsp3) is 0.643. The van der Waals surface area contributed by atoms with Gasteiger partial charge in [-0.15, -0.1) is 0 Å². The lowest BCUT2D eigenvalue weighted by Crippen LogP contribution is -2.37. The van der Waals surface area contributed by atoms with Crippen molar-refractivity contribution in [3.05, 3.63) is 12.2 Å². The van der Waals surface area contributed by atoms with Crippen molar-refractivity contribution in [3.8, 4) is 0 Å². The Kier molecular flexibility index (Phi) is 3.03. The summed E-state index contributed by atoms with van der Waals surface area (Å²) in [5.74, 6) is 2.20. The molecule has 6 heteroatoms. The van der Waals surface area contributed by atoms with Crippen LogP contribution < -0.4 is 4.90 Å². The smallest absolute Gasteiger partial charge is 0.183 e. The molecule has 0 bridgehead atoms. The molecule has 0 aromatic carbocycles. The third-order valence-electron chi connectivity index (χ3n) is 4.19. The van der Waals surface area contributed by atoms with Crippen molar-refractivity contribution in [2.45, 2.75) is 32.2 Å². The van der Waals surface area contributed by atoms with Crippen molar-refractivity contribution in [1.29, 1.82) is 0 Å². The van der Waals surface area contributed by atoms with E-state index in [2.05, 4.69) is 19.4 Å². The maximum Gasteiger partial charge on any atom is 0.183 e. The first-order valence-corrected chi connectivity index (χ1v) is 7.46. The van der Waals surface area contributed by atoms with Gasteiger partial charge in [-0.3, -0.25) is 0 Å². The molecule has 2 aromatic rings. The molecular formula is C14H19N5O. The van der Waals surface area contributed by atoms with E-state index in [1.54, 1.807) is 6.33 Å². The number of aryl methyl sites for hydroxylation is 2. The average Bonchev–Trinajstić information content (AvgIpc) is 2.70. The van der Waals surface area contributed by atoms with E-state index in [1.165, 1.54) is 25.1 Å². The molecule has 4 rings (SSSR count). The molecule has 0 N–H and O–H groups in total. The molecule has 4 heterocycles. The first-order valence-electron chi connectivity index (χ1n) is 7.46. The van der Waals surface area contributed by atoms with Gasteiger partial charge in [0.1, 0.15) is 17.7 Å². The number of nitrogens with zero attached hydrogens (tertiary/aromatic N) is 5. The zero-order valence-corrected chi connectivity index (χ0v) is 11.6. The predicted molar refractivity (Wildman–Crippen MR) is 75.9 cm³/mol. The van der Waals surface area contributed by atoms with Crippen molar-refractivity contribution >= 4 is 17.0 Å². The number of anilines is 1. The van der Waals surface area contributed by atoms with E-state index in [9.17, 15) is 0 Å². The Bertz CT molecular complexity index is 617. The van der Waals surface area contributed by atoms with Gasteiger partial charge >= 0.3 is 0 Å². The lowest BCUT2D eigenvalue weighted by atomic mass is 10.2. The monoisotopic (exact) mass is 273 g/mol. The highest BCUT2D eigenvalue weighted by Crippen LogP contribution is 2.27. The molecular weight excluding hydrogens is 254 g/mol. The van der Waals surface area contributed by atoms with Crippen LogP contribution in [0.5, 0.6) is 0 Å². The van der Waals surface area contributed by atoms with E-state index >= 15 is 0 Å². The van der Waals surface area contributed by atoms with Gasteiger partial charge < -0.3 is 14.2 Å². The lowest BCUT2D eigenvalue weighted by molar-refractivity contribution is 0.122. The largest absolute Gasteiger partial charge is 0.378 e. The van der Waals surface area contributed by atoms with Crippen molar-refractivity contribution in [2.24, 2.45) is 0 Å². The van der Waals surface area contributed by atoms with Gasteiger partial charge in [0.2, 0.25) is 0 Å². The normalized spacial score (nSPS) is 19.9. The number of hydrogen-bond donors (Lipinski definition) is 0. The second-order valence-corrected chi connectivity index (χ2v) is 5.46. The number of rotatable bonds is 1. The van der Waals surface area contributed by atoms with E-state index in [4.69, 9.17) is 9.72 Å².